The number of nitrogens with two attached hydrogens (primary N) is 1. The highest BCUT2D eigenvalue weighted by Crippen LogP contribution is 2.23. The van der Waals surface area contributed by atoms with Gasteiger partial charge in [-0.3, -0.25) is 9.59 Å². The largest absolute Gasteiger partial charge is 0.395 e. The normalized spacial score (nSPS) is 11.1. The number of hydrogen-bond donors (Lipinski definition) is 2. The zero-order chi connectivity index (χ0) is 15.0. The van der Waals surface area contributed by atoms with Crippen molar-refractivity contribution in [1.29, 1.82) is 0 Å². The maximum atomic E-state index is 12.5. The molecule has 5 heteroatoms. The highest BCUT2D eigenvalue weighted by Gasteiger charge is 2.11. The Balaban J connectivity index is 2.53. The van der Waals surface area contributed by atoms with Gasteiger partial charge in [-0.25, -0.2) is 0 Å². The molecule has 0 aliphatic carbocycles. The van der Waals surface area contributed by atoms with Gasteiger partial charge >= 0.3 is 0 Å². The van der Waals surface area contributed by atoms with E-state index in [0.29, 0.717) is 16.5 Å². The minimum Gasteiger partial charge on any atom is -0.395 e. The molecule has 0 aliphatic rings. The minimum atomic E-state index is -0.513. The SMILES string of the molecule is NC(=O)c1ccc2c(c1)c1ccccc1c(=O)n2CCO. The molecular weight excluding hydrogens is 268 g/mol. The lowest BCUT2D eigenvalue weighted by molar-refractivity contribution is 0.100. The zero-order valence-electron chi connectivity index (χ0n) is 11.2. The molecule has 3 aromatic rings. The Labute approximate surface area is 120 Å². The highest BCUT2D eigenvalue weighted by molar-refractivity contribution is 6.08. The van der Waals surface area contributed by atoms with Crippen LogP contribution in [0.5, 0.6) is 0 Å². The van der Waals surface area contributed by atoms with Crippen LogP contribution in [0.1, 0.15) is 10.4 Å². The number of hydrogen-bond acceptors (Lipinski definition) is 3. The van der Waals surface area contributed by atoms with Crippen LogP contribution in [0.3, 0.4) is 0 Å². The Bertz CT molecular complexity index is 912. The highest BCUT2D eigenvalue weighted by atomic mass is 16.3. The van der Waals surface area contributed by atoms with E-state index in [1.807, 2.05) is 12.1 Å². The number of aliphatic hydroxyl groups excluding tert-OH is 1. The molecule has 0 spiro atoms. The summed E-state index contributed by atoms with van der Waals surface area (Å²) in [6, 6.07) is 12.2. The molecule has 2 aromatic carbocycles. The molecule has 1 aromatic heterocycles. The number of primary amides is 1. The summed E-state index contributed by atoms with van der Waals surface area (Å²) in [6.07, 6.45) is 0. The molecule has 0 bridgehead atoms. The van der Waals surface area contributed by atoms with Crippen LogP contribution in [0.25, 0.3) is 21.7 Å². The van der Waals surface area contributed by atoms with E-state index in [9.17, 15) is 14.7 Å². The first-order valence-corrected chi connectivity index (χ1v) is 6.59. The molecule has 1 amide bonds. The number of fused-ring (bicyclic) bond motifs is 3. The number of carbonyl (C=O) groups is 1. The van der Waals surface area contributed by atoms with Gasteiger partial charge in [-0.15, -0.1) is 0 Å². The van der Waals surface area contributed by atoms with E-state index in [2.05, 4.69) is 0 Å². The smallest absolute Gasteiger partial charge is 0.258 e. The average Bonchev–Trinajstić information content (AvgIpc) is 2.51. The van der Waals surface area contributed by atoms with Crippen LogP contribution in [-0.2, 0) is 6.54 Å². The van der Waals surface area contributed by atoms with Crippen molar-refractivity contribution in [1.82, 2.24) is 4.57 Å². The lowest BCUT2D eigenvalue weighted by Crippen LogP contribution is -2.22. The van der Waals surface area contributed by atoms with Crippen molar-refractivity contribution in [3.05, 3.63) is 58.4 Å². The van der Waals surface area contributed by atoms with E-state index >= 15 is 0 Å². The van der Waals surface area contributed by atoms with E-state index < -0.39 is 5.91 Å². The fraction of sp³-hybridized carbons (Fsp3) is 0.125. The van der Waals surface area contributed by atoms with Crippen LogP contribution in [0.15, 0.2) is 47.3 Å². The summed E-state index contributed by atoms with van der Waals surface area (Å²) in [5, 5.41) is 11.3. The van der Waals surface area contributed by atoms with Crippen LogP contribution in [0.4, 0.5) is 0 Å². The van der Waals surface area contributed by atoms with Gasteiger partial charge in [0.1, 0.15) is 0 Å². The molecule has 1 heterocycles. The summed E-state index contributed by atoms with van der Waals surface area (Å²) in [5.74, 6) is -0.513. The van der Waals surface area contributed by atoms with Gasteiger partial charge in [-0.2, -0.15) is 0 Å². The molecule has 0 radical (unpaired) electrons. The summed E-state index contributed by atoms with van der Waals surface area (Å²) in [6.45, 7) is 0.0704. The molecule has 0 unspecified atom stereocenters. The van der Waals surface area contributed by atoms with Gasteiger partial charge < -0.3 is 15.4 Å². The van der Waals surface area contributed by atoms with E-state index in [4.69, 9.17) is 5.73 Å². The number of nitrogens with zero attached hydrogens (tertiary/aromatic N) is 1. The first-order chi connectivity index (χ1) is 10.1. The quantitative estimate of drug-likeness (QED) is 0.709. The summed E-state index contributed by atoms with van der Waals surface area (Å²) in [7, 11) is 0. The number of rotatable bonds is 3. The minimum absolute atomic E-state index is 0.134. The van der Waals surface area contributed by atoms with Crippen molar-refractivity contribution in [2.75, 3.05) is 6.61 Å². The summed E-state index contributed by atoms with van der Waals surface area (Å²) in [5.41, 5.74) is 6.24. The van der Waals surface area contributed by atoms with Gasteiger partial charge in [0, 0.05) is 22.9 Å². The number of benzene rings is 2. The van der Waals surface area contributed by atoms with Crippen LogP contribution in [-0.4, -0.2) is 22.2 Å². The first kappa shape index (κ1) is 13.3. The third-order valence-corrected chi connectivity index (χ3v) is 3.59. The Kier molecular flexibility index (Phi) is 3.19. The molecular formula is C16H14N2O3. The third-order valence-electron chi connectivity index (χ3n) is 3.59. The van der Waals surface area contributed by atoms with Crippen molar-refractivity contribution in [3.63, 3.8) is 0 Å². The van der Waals surface area contributed by atoms with Crippen molar-refractivity contribution in [2.45, 2.75) is 6.54 Å². The third kappa shape index (κ3) is 2.08. The lowest BCUT2D eigenvalue weighted by atomic mass is 10.0. The molecule has 0 aliphatic heterocycles. The number of pyridine rings is 1. The first-order valence-electron chi connectivity index (χ1n) is 6.59. The fourth-order valence-corrected chi connectivity index (χ4v) is 2.62. The molecule has 0 atom stereocenters. The fourth-order valence-electron chi connectivity index (χ4n) is 2.62. The van der Waals surface area contributed by atoms with E-state index in [1.54, 1.807) is 30.3 Å². The lowest BCUT2D eigenvalue weighted by Gasteiger charge is -2.12. The molecule has 21 heavy (non-hydrogen) atoms. The summed E-state index contributed by atoms with van der Waals surface area (Å²) < 4.78 is 1.52. The van der Waals surface area contributed by atoms with Gasteiger partial charge in [0.2, 0.25) is 5.91 Å². The molecule has 3 rings (SSSR count). The number of carbonyl (C=O) groups excluding carboxylic acids is 1. The monoisotopic (exact) mass is 282 g/mol. The molecule has 0 fully saturated rings. The predicted molar refractivity (Wildman–Crippen MR) is 81.3 cm³/mol. The summed E-state index contributed by atoms with van der Waals surface area (Å²) >= 11 is 0. The van der Waals surface area contributed by atoms with Gasteiger partial charge in [-0.1, -0.05) is 18.2 Å². The van der Waals surface area contributed by atoms with E-state index in [0.717, 1.165) is 10.8 Å². The van der Waals surface area contributed by atoms with Crippen LogP contribution >= 0.6 is 0 Å². The Morgan fingerprint density at radius 3 is 2.48 bits per heavy atom. The number of aliphatic hydroxyl groups is 1. The van der Waals surface area contributed by atoms with E-state index in [-0.39, 0.29) is 18.7 Å². The van der Waals surface area contributed by atoms with Crippen LogP contribution < -0.4 is 11.3 Å². The molecule has 106 valence electrons. The average molecular weight is 282 g/mol. The van der Waals surface area contributed by atoms with Gasteiger partial charge in [0.25, 0.3) is 5.56 Å². The molecule has 0 saturated carbocycles. The van der Waals surface area contributed by atoms with Crippen molar-refractivity contribution in [3.8, 4) is 0 Å². The Hall–Kier alpha value is -2.66. The van der Waals surface area contributed by atoms with Gasteiger partial charge in [0.15, 0.2) is 0 Å². The van der Waals surface area contributed by atoms with E-state index in [1.165, 1.54) is 4.57 Å². The topological polar surface area (TPSA) is 85.3 Å². The van der Waals surface area contributed by atoms with Crippen molar-refractivity contribution < 1.29 is 9.90 Å². The second-order valence-corrected chi connectivity index (χ2v) is 4.82. The summed E-state index contributed by atoms with van der Waals surface area (Å²) in [4.78, 5) is 23.9. The van der Waals surface area contributed by atoms with Crippen molar-refractivity contribution in [2.24, 2.45) is 5.73 Å². The van der Waals surface area contributed by atoms with Crippen molar-refractivity contribution >= 4 is 27.6 Å². The van der Waals surface area contributed by atoms with Gasteiger partial charge in [-0.05, 0) is 29.7 Å². The second kappa shape index (κ2) is 5.03. The van der Waals surface area contributed by atoms with Gasteiger partial charge in [0.05, 0.1) is 12.1 Å². The maximum absolute atomic E-state index is 12.5. The Morgan fingerprint density at radius 2 is 1.81 bits per heavy atom. The molecule has 3 N–H and O–H groups in total. The number of aromatic nitrogens is 1. The second-order valence-electron chi connectivity index (χ2n) is 4.82. The predicted octanol–water partition coefficient (Wildman–Crippen LogP) is 1.25. The van der Waals surface area contributed by atoms with Crippen LogP contribution in [0, 0.1) is 0 Å². The Morgan fingerprint density at radius 1 is 1.10 bits per heavy atom. The molecule has 0 saturated heterocycles. The van der Waals surface area contributed by atoms with Crippen LogP contribution in [0.2, 0.25) is 0 Å². The molecule has 5 nitrogen and oxygen atoms in total. The zero-order valence-corrected chi connectivity index (χ0v) is 11.2. The maximum Gasteiger partial charge on any atom is 0.258 e. The standard InChI is InChI=1S/C16H14N2O3/c17-15(20)10-5-6-14-13(9-10)11-3-1-2-4-12(11)16(21)18(14)7-8-19/h1-6,9,19H,7-8H2,(H2,17,20). The number of amides is 1.